The summed E-state index contributed by atoms with van der Waals surface area (Å²) in [5.41, 5.74) is 1.59. The molecule has 1 aliphatic rings. The molecular formula is C15H23N3O2. The molecule has 1 heterocycles. The van der Waals surface area contributed by atoms with Crippen molar-refractivity contribution in [2.75, 3.05) is 29.9 Å². The predicted octanol–water partition coefficient (Wildman–Crippen LogP) is 3.65. The van der Waals surface area contributed by atoms with Crippen molar-refractivity contribution >= 4 is 17.1 Å². The summed E-state index contributed by atoms with van der Waals surface area (Å²) >= 11 is 0. The average molecular weight is 277 g/mol. The maximum atomic E-state index is 11.5. The third kappa shape index (κ3) is 3.03. The maximum absolute atomic E-state index is 11.5. The lowest BCUT2D eigenvalue weighted by Crippen LogP contribution is -2.35. The normalized spacial score (nSPS) is 18.9. The van der Waals surface area contributed by atoms with Crippen molar-refractivity contribution in [3.8, 4) is 0 Å². The van der Waals surface area contributed by atoms with Crippen LogP contribution in [0.15, 0.2) is 18.2 Å². The number of anilines is 2. The highest BCUT2D eigenvalue weighted by molar-refractivity contribution is 5.77. The van der Waals surface area contributed by atoms with Gasteiger partial charge in [-0.25, -0.2) is 0 Å². The highest BCUT2D eigenvalue weighted by Crippen LogP contribution is 2.37. The molecule has 0 aromatic heterocycles. The van der Waals surface area contributed by atoms with E-state index in [0.29, 0.717) is 18.2 Å². The van der Waals surface area contributed by atoms with E-state index >= 15 is 0 Å². The van der Waals surface area contributed by atoms with Gasteiger partial charge >= 0.3 is 5.69 Å². The van der Waals surface area contributed by atoms with Crippen LogP contribution in [-0.2, 0) is 0 Å². The minimum absolute atomic E-state index is 0.214. The Morgan fingerprint density at radius 2 is 2.25 bits per heavy atom. The lowest BCUT2D eigenvalue weighted by atomic mass is 9.95. The molecule has 2 rings (SSSR count). The first-order chi connectivity index (χ1) is 9.67. The van der Waals surface area contributed by atoms with Gasteiger partial charge in [-0.1, -0.05) is 19.4 Å². The summed E-state index contributed by atoms with van der Waals surface area (Å²) in [6, 6.07) is 5.55. The van der Waals surface area contributed by atoms with E-state index in [2.05, 4.69) is 17.1 Å². The fourth-order valence-corrected chi connectivity index (χ4v) is 2.93. The van der Waals surface area contributed by atoms with Crippen LogP contribution in [0.3, 0.4) is 0 Å². The highest BCUT2D eigenvalue weighted by atomic mass is 16.6. The van der Waals surface area contributed by atoms with E-state index in [1.165, 1.54) is 6.42 Å². The van der Waals surface area contributed by atoms with Gasteiger partial charge in [0.05, 0.1) is 4.92 Å². The van der Waals surface area contributed by atoms with Crippen molar-refractivity contribution in [2.24, 2.45) is 5.92 Å². The van der Waals surface area contributed by atoms with Gasteiger partial charge in [0.1, 0.15) is 11.4 Å². The largest absolute Gasteiger partial charge is 0.380 e. The smallest absolute Gasteiger partial charge is 0.315 e. The second-order valence-corrected chi connectivity index (χ2v) is 5.32. The third-order valence-corrected chi connectivity index (χ3v) is 4.00. The number of benzene rings is 1. The Hall–Kier alpha value is -1.78. The predicted molar refractivity (Wildman–Crippen MR) is 82.5 cm³/mol. The van der Waals surface area contributed by atoms with E-state index in [-0.39, 0.29) is 10.6 Å². The van der Waals surface area contributed by atoms with Gasteiger partial charge in [-0.2, -0.15) is 0 Å². The van der Waals surface area contributed by atoms with Gasteiger partial charge in [-0.05, 0) is 37.8 Å². The van der Waals surface area contributed by atoms with Gasteiger partial charge in [0.2, 0.25) is 0 Å². The van der Waals surface area contributed by atoms with Crippen LogP contribution in [-0.4, -0.2) is 24.6 Å². The first-order valence-electron chi connectivity index (χ1n) is 7.43. The summed E-state index contributed by atoms with van der Waals surface area (Å²) in [7, 11) is 0. The number of hydrogen-bond acceptors (Lipinski definition) is 4. The standard InChI is InChI=1S/C15H23N3O2/c1-3-12-7-6-10-17(11-12)14-9-5-8-13(16-4-2)15(14)18(19)20/h5,8-9,12,16H,3-4,6-7,10-11H2,1-2H3. The first kappa shape index (κ1) is 14.6. The molecule has 1 N–H and O–H groups in total. The van der Waals surface area contributed by atoms with E-state index in [1.807, 2.05) is 19.1 Å². The Kier molecular flexibility index (Phi) is 4.82. The quantitative estimate of drug-likeness (QED) is 0.659. The van der Waals surface area contributed by atoms with E-state index in [9.17, 15) is 10.1 Å². The Bertz CT molecular complexity index is 476. The van der Waals surface area contributed by atoms with E-state index < -0.39 is 0 Å². The molecule has 0 spiro atoms. The number of nitro benzene ring substituents is 1. The number of para-hydroxylation sites is 1. The van der Waals surface area contributed by atoms with Gasteiger partial charge in [0.15, 0.2) is 0 Å². The number of piperidine rings is 1. The van der Waals surface area contributed by atoms with Crippen molar-refractivity contribution in [1.29, 1.82) is 0 Å². The lowest BCUT2D eigenvalue weighted by Gasteiger charge is -2.33. The molecule has 1 aliphatic heterocycles. The van der Waals surface area contributed by atoms with Crippen LogP contribution in [0.4, 0.5) is 17.1 Å². The van der Waals surface area contributed by atoms with Gasteiger partial charge < -0.3 is 10.2 Å². The molecule has 5 heteroatoms. The minimum Gasteiger partial charge on any atom is -0.380 e. The van der Waals surface area contributed by atoms with Crippen molar-refractivity contribution in [3.05, 3.63) is 28.3 Å². The van der Waals surface area contributed by atoms with Gasteiger partial charge in [0.25, 0.3) is 0 Å². The topological polar surface area (TPSA) is 58.4 Å². The number of rotatable bonds is 5. The molecule has 0 radical (unpaired) electrons. The summed E-state index contributed by atoms with van der Waals surface area (Å²) in [6.07, 6.45) is 3.48. The molecule has 0 bridgehead atoms. The number of hydrogen-bond donors (Lipinski definition) is 1. The van der Waals surface area contributed by atoms with Crippen molar-refractivity contribution in [2.45, 2.75) is 33.1 Å². The molecule has 0 amide bonds. The zero-order valence-corrected chi connectivity index (χ0v) is 12.3. The molecule has 0 aliphatic carbocycles. The fourth-order valence-electron chi connectivity index (χ4n) is 2.93. The summed E-state index contributed by atoms with van der Waals surface area (Å²) in [6.45, 7) is 6.66. The molecule has 1 saturated heterocycles. The lowest BCUT2D eigenvalue weighted by molar-refractivity contribution is -0.383. The van der Waals surface area contributed by atoms with E-state index in [4.69, 9.17) is 0 Å². The SMILES string of the molecule is CCNc1cccc(N2CCCC(CC)C2)c1[N+](=O)[O-]. The van der Waals surface area contributed by atoms with Crippen LogP contribution in [0, 0.1) is 16.0 Å². The average Bonchev–Trinajstić information content (AvgIpc) is 2.47. The van der Waals surface area contributed by atoms with Crippen LogP contribution in [0.5, 0.6) is 0 Å². The Labute approximate surface area is 120 Å². The van der Waals surface area contributed by atoms with Crippen molar-refractivity contribution in [3.63, 3.8) is 0 Å². The monoisotopic (exact) mass is 277 g/mol. The van der Waals surface area contributed by atoms with Crippen LogP contribution in [0.2, 0.25) is 0 Å². The number of nitrogens with zero attached hydrogens (tertiary/aromatic N) is 2. The Balaban J connectivity index is 2.34. The minimum atomic E-state index is -0.261. The summed E-state index contributed by atoms with van der Waals surface area (Å²) in [5, 5.41) is 14.5. The molecule has 1 unspecified atom stereocenters. The highest BCUT2D eigenvalue weighted by Gasteiger charge is 2.27. The second kappa shape index (κ2) is 6.59. The molecular weight excluding hydrogens is 254 g/mol. The molecule has 110 valence electrons. The molecule has 5 nitrogen and oxygen atoms in total. The second-order valence-electron chi connectivity index (χ2n) is 5.32. The van der Waals surface area contributed by atoms with E-state index in [0.717, 1.165) is 31.6 Å². The summed E-state index contributed by atoms with van der Waals surface area (Å²) in [5.74, 6) is 0.645. The summed E-state index contributed by atoms with van der Waals surface area (Å²) in [4.78, 5) is 13.4. The van der Waals surface area contributed by atoms with Crippen molar-refractivity contribution in [1.82, 2.24) is 0 Å². The Morgan fingerprint density at radius 1 is 1.45 bits per heavy atom. The fraction of sp³-hybridized carbons (Fsp3) is 0.600. The molecule has 0 saturated carbocycles. The van der Waals surface area contributed by atoms with Crippen LogP contribution < -0.4 is 10.2 Å². The zero-order chi connectivity index (χ0) is 14.5. The van der Waals surface area contributed by atoms with Crippen molar-refractivity contribution < 1.29 is 4.92 Å². The van der Waals surface area contributed by atoms with Gasteiger partial charge in [-0.3, -0.25) is 10.1 Å². The Morgan fingerprint density at radius 3 is 2.90 bits per heavy atom. The first-order valence-corrected chi connectivity index (χ1v) is 7.43. The van der Waals surface area contributed by atoms with E-state index in [1.54, 1.807) is 6.07 Å². The number of nitro groups is 1. The van der Waals surface area contributed by atoms with Crippen LogP contribution in [0.25, 0.3) is 0 Å². The van der Waals surface area contributed by atoms with Gasteiger partial charge in [-0.15, -0.1) is 0 Å². The molecule has 1 aromatic carbocycles. The molecule has 20 heavy (non-hydrogen) atoms. The third-order valence-electron chi connectivity index (χ3n) is 4.00. The molecule has 1 aromatic rings. The molecule has 1 atom stereocenters. The molecule has 1 fully saturated rings. The zero-order valence-electron chi connectivity index (χ0n) is 12.3. The summed E-state index contributed by atoms with van der Waals surface area (Å²) < 4.78 is 0. The van der Waals surface area contributed by atoms with Gasteiger partial charge in [0, 0.05) is 19.6 Å². The van der Waals surface area contributed by atoms with Crippen LogP contribution >= 0.6 is 0 Å². The number of nitrogens with one attached hydrogen (secondary N) is 1. The maximum Gasteiger partial charge on any atom is 0.315 e. The van der Waals surface area contributed by atoms with Crippen LogP contribution in [0.1, 0.15) is 33.1 Å².